The maximum absolute atomic E-state index is 11.2. The molecule has 2 N–H and O–H groups in total. The van der Waals surface area contributed by atoms with E-state index in [2.05, 4.69) is 0 Å². The molecule has 14 heavy (non-hydrogen) atoms. The van der Waals surface area contributed by atoms with Crippen molar-refractivity contribution >= 4 is 5.97 Å². The van der Waals surface area contributed by atoms with Crippen LogP contribution in [0.5, 0.6) is 0 Å². The van der Waals surface area contributed by atoms with E-state index in [1.165, 1.54) is 32.1 Å². The number of carbonyl (C=O) groups excluding carboxylic acids is 1. The Hall–Kier alpha value is -0.570. The molecule has 0 heterocycles. The highest BCUT2D eigenvalue weighted by atomic mass is 16.5. The SMILES string of the molecule is NCCC(=O)OC1CCCCCCC1. The standard InChI is InChI=1S/C11H21NO2/c12-9-8-11(13)14-10-6-4-2-1-3-5-7-10/h10H,1-9,12H2. The van der Waals surface area contributed by atoms with E-state index in [0.717, 1.165) is 12.8 Å². The van der Waals surface area contributed by atoms with Crippen LogP contribution in [0.25, 0.3) is 0 Å². The van der Waals surface area contributed by atoms with Gasteiger partial charge in [-0.15, -0.1) is 0 Å². The zero-order chi connectivity index (χ0) is 10.2. The maximum atomic E-state index is 11.2. The first kappa shape index (κ1) is 11.5. The van der Waals surface area contributed by atoms with Crippen LogP contribution in [0.1, 0.15) is 51.4 Å². The van der Waals surface area contributed by atoms with Crippen molar-refractivity contribution in [3.05, 3.63) is 0 Å². The van der Waals surface area contributed by atoms with Gasteiger partial charge in [0.25, 0.3) is 0 Å². The van der Waals surface area contributed by atoms with Gasteiger partial charge in [-0.3, -0.25) is 4.79 Å². The summed E-state index contributed by atoms with van der Waals surface area (Å²) in [6.07, 6.45) is 8.89. The first-order valence-corrected chi connectivity index (χ1v) is 5.72. The summed E-state index contributed by atoms with van der Waals surface area (Å²) in [6.45, 7) is 0.394. The lowest BCUT2D eigenvalue weighted by Gasteiger charge is -2.19. The van der Waals surface area contributed by atoms with Crippen molar-refractivity contribution in [1.82, 2.24) is 0 Å². The minimum Gasteiger partial charge on any atom is -0.462 e. The zero-order valence-electron chi connectivity index (χ0n) is 8.84. The summed E-state index contributed by atoms with van der Waals surface area (Å²) < 4.78 is 5.35. The normalized spacial score (nSPS) is 19.8. The van der Waals surface area contributed by atoms with Crippen LogP contribution in [0, 0.1) is 0 Å². The predicted octanol–water partition coefficient (Wildman–Crippen LogP) is 1.99. The molecule has 1 aliphatic rings. The Morgan fingerprint density at radius 3 is 2.29 bits per heavy atom. The van der Waals surface area contributed by atoms with Crippen LogP contribution in [0.3, 0.4) is 0 Å². The molecule has 0 spiro atoms. The fourth-order valence-electron chi connectivity index (χ4n) is 1.90. The lowest BCUT2D eigenvalue weighted by atomic mass is 9.98. The summed E-state index contributed by atoms with van der Waals surface area (Å²) in [6, 6.07) is 0. The maximum Gasteiger partial charge on any atom is 0.307 e. The molecule has 0 bridgehead atoms. The van der Waals surface area contributed by atoms with Crippen LogP contribution in [-0.4, -0.2) is 18.6 Å². The van der Waals surface area contributed by atoms with E-state index in [1.54, 1.807) is 0 Å². The summed E-state index contributed by atoms with van der Waals surface area (Å²) in [5, 5.41) is 0. The molecule has 0 saturated heterocycles. The monoisotopic (exact) mass is 199 g/mol. The van der Waals surface area contributed by atoms with Gasteiger partial charge in [0, 0.05) is 6.54 Å². The van der Waals surface area contributed by atoms with Gasteiger partial charge in [-0.05, 0) is 25.7 Å². The second-order valence-electron chi connectivity index (χ2n) is 4.00. The number of ether oxygens (including phenoxy) is 1. The van der Waals surface area contributed by atoms with E-state index in [4.69, 9.17) is 10.5 Å². The lowest BCUT2D eigenvalue weighted by Crippen LogP contribution is -2.21. The fraction of sp³-hybridized carbons (Fsp3) is 0.909. The Labute approximate surface area is 86.0 Å². The third-order valence-corrected chi connectivity index (χ3v) is 2.70. The van der Waals surface area contributed by atoms with Gasteiger partial charge < -0.3 is 10.5 Å². The predicted molar refractivity (Wildman–Crippen MR) is 55.9 cm³/mol. The van der Waals surface area contributed by atoms with Crippen LogP contribution in [0.4, 0.5) is 0 Å². The van der Waals surface area contributed by atoms with Crippen LogP contribution >= 0.6 is 0 Å². The Kier molecular flexibility index (Phi) is 5.60. The minimum atomic E-state index is -0.127. The van der Waals surface area contributed by atoms with E-state index < -0.39 is 0 Å². The zero-order valence-corrected chi connectivity index (χ0v) is 8.84. The summed E-state index contributed by atoms with van der Waals surface area (Å²) in [7, 11) is 0. The van der Waals surface area contributed by atoms with Crippen LogP contribution < -0.4 is 5.73 Å². The van der Waals surface area contributed by atoms with Gasteiger partial charge in [-0.2, -0.15) is 0 Å². The molecular formula is C11H21NO2. The van der Waals surface area contributed by atoms with E-state index in [-0.39, 0.29) is 12.1 Å². The second kappa shape index (κ2) is 6.82. The molecular weight excluding hydrogens is 178 g/mol. The van der Waals surface area contributed by atoms with Gasteiger partial charge in [0.1, 0.15) is 6.10 Å². The highest BCUT2D eigenvalue weighted by Crippen LogP contribution is 2.19. The molecule has 1 aliphatic carbocycles. The Bertz CT molecular complexity index is 163. The van der Waals surface area contributed by atoms with Gasteiger partial charge >= 0.3 is 5.97 Å². The average molecular weight is 199 g/mol. The van der Waals surface area contributed by atoms with Crippen molar-refractivity contribution in [2.24, 2.45) is 5.73 Å². The number of esters is 1. The second-order valence-corrected chi connectivity index (χ2v) is 4.00. The van der Waals surface area contributed by atoms with Crippen LogP contribution in [-0.2, 0) is 9.53 Å². The molecule has 0 atom stereocenters. The molecule has 0 aromatic carbocycles. The van der Waals surface area contributed by atoms with Gasteiger partial charge in [-0.1, -0.05) is 19.3 Å². The first-order valence-electron chi connectivity index (χ1n) is 5.72. The molecule has 0 unspecified atom stereocenters. The Morgan fingerprint density at radius 2 is 1.71 bits per heavy atom. The molecule has 3 heteroatoms. The molecule has 1 fully saturated rings. The fourth-order valence-corrected chi connectivity index (χ4v) is 1.90. The molecule has 1 rings (SSSR count). The Morgan fingerprint density at radius 1 is 1.14 bits per heavy atom. The van der Waals surface area contributed by atoms with Crippen molar-refractivity contribution in [2.45, 2.75) is 57.5 Å². The number of hydrogen-bond donors (Lipinski definition) is 1. The molecule has 0 radical (unpaired) electrons. The number of rotatable bonds is 3. The molecule has 82 valence electrons. The molecule has 0 amide bonds. The van der Waals surface area contributed by atoms with Crippen molar-refractivity contribution in [1.29, 1.82) is 0 Å². The number of hydrogen-bond acceptors (Lipinski definition) is 3. The molecule has 0 aromatic rings. The van der Waals surface area contributed by atoms with Crippen molar-refractivity contribution in [3.63, 3.8) is 0 Å². The topological polar surface area (TPSA) is 52.3 Å². The highest BCUT2D eigenvalue weighted by Gasteiger charge is 2.14. The average Bonchev–Trinajstić information content (AvgIpc) is 2.10. The van der Waals surface area contributed by atoms with Crippen molar-refractivity contribution < 1.29 is 9.53 Å². The summed E-state index contributed by atoms with van der Waals surface area (Å²) in [5.41, 5.74) is 5.29. The largest absolute Gasteiger partial charge is 0.462 e. The van der Waals surface area contributed by atoms with E-state index >= 15 is 0 Å². The quantitative estimate of drug-likeness (QED) is 0.707. The van der Waals surface area contributed by atoms with Gasteiger partial charge in [0.2, 0.25) is 0 Å². The molecule has 1 saturated carbocycles. The van der Waals surface area contributed by atoms with E-state index in [1.807, 2.05) is 0 Å². The van der Waals surface area contributed by atoms with Crippen LogP contribution in [0.2, 0.25) is 0 Å². The highest BCUT2D eigenvalue weighted by molar-refractivity contribution is 5.69. The summed E-state index contributed by atoms with van der Waals surface area (Å²) in [4.78, 5) is 11.2. The number of carbonyl (C=O) groups is 1. The van der Waals surface area contributed by atoms with Crippen LogP contribution in [0.15, 0.2) is 0 Å². The Balaban J connectivity index is 2.22. The van der Waals surface area contributed by atoms with Crippen molar-refractivity contribution in [2.75, 3.05) is 6.54 Å². The minimum absolute atomic E-state index is 0.127. The third-order valence-electron chi connectivity index (χ3n) is 2.70. The first-order chi connectivity index (χ1) is 6.83. The van der Waals surface area contributed by atoms with Gasteiger partial charge in [-0.25, -0.2) is 0 Å². The van der Waals surface area contributed by atoms with Crippen molar-refractivity contribution in [3.8, 4) is 0 Å². The van der Waals surface area contributed by atoms with Gasteiger partial charge in [0.15, 0.2) is 0 Å². The molecule has 3 nitrogen and oxygen atoms in total. The third kappa shape index (κ3) is 4.61. The molecule has 0 aromatic heterocycles. The van der Waals surface area contributed by atoms with Gasteiger partial charge in [0.05, 0.1) is 6.42 Å². The smallest absolute Gasteiger partial charge is 0.307 e. The van der Waals surface area contributed by atoms with E-state index in [0.29, 0.717) is 13.0 Å². The van der Waals surface area contributed by atoms with E-state index in [9.17, 15) is 4.79 Å². The summed E-state index contributed by atoms with van der Waals surface area (Å²) in [5.74, 6) is -0.127. The molecule has 0 aliphatic heterocycles. The summed E-state index contributed by atoms with van der Waals surface area (Å²) >= 11 is 0. The lowest BCUT2D eigenvalue weighted by molar-refractivity contribution is -0.149. The number of nitrogens with two attached hydrogens (primary N) is 1.